The van der Waals surface area contributed by atoms with E-state index < -0.39 is 11.7 Å². The van der Waals surface area contributed by atoms with Gasteiger partial charge in [0, 0.05) is 17.1 Å². The Morgan fingerprint density at radius 2 is 1.67 bits per heavy atom. The fraction of sp³-hybridized carbons (Fsp3) is 0.571. The van der Waals surface area contributed by atoms with Crippen LogP contribution in [0.2, 0.25) is 5.02 Å². The Labute approximate surface area is 200 Å². The van der Waals surface area contributed by atoms with Crippen molar-refractivity contribution in [3.8, 4) is 0 Å². The summed E-state index contributed by atoms with van der Waals surface area (Å²) in [7, 11) is 0. The molecule has 4 atom stereocenters. The van der Waals surface area contributed by atoms with E-state index in [9.17, 15) is 13.2 Å². The van der Waals surface area contributed by atoms with Gasteiger partial charge in [-0.2, -0.15) is 13.2 Å². The number of hydrogen-bond donors (Lipinski definition) is 1. The van der Waals surface area contributed by atoms with Crippen LogP contribution in [0.4, 0.5) is 13.2 Å². The van der Waals surface area contributed by atoms with Crippen molar-refractivity contribution in [3.05, 3.63) is 70.2 Å². The van der Waals surface area contributed by atoms with Crippen LogP contribution in [0.1, 0.15) is 69.1 Å². The second kappa shape index (κ2) is 8.30. The van der Waals surface area contributed by atoms with E-state index in [2.05, 4.69) is 31.3 Å². The molecule has 2 aromatic rings. The van der Waals surface area contributed by atoms with Crippen LogP contribution >= 0.6 is 11.6 Å². The Hall–Kier alpha value is -1.52. The predicted molar refractivity (Wildman–Crippen MR) is 127 cm³/mol. The first kappa shape index (κ1) is 23.2. The quantitative estimate of drug-likeness (QED) is 0.449. The van der Waals surface area contributed by atoms with Crippen LogP contribution in [-0.4, -0.2) is 12.1 Å². The summed E-state index contributed by atoms with van der Waals surface area (Å²) in [4.78, 5) is 0. The molecule has 5 heteroatoms. The maximum atomic E-state index is 13.1. The number of rotatable bonds is 6. The number of hydrogen-bond acceptors (Lipinski definition) is 1. The molecule has 4 saturated carbocycles. The lowest BCUT2D eigenvalue weighted by Crippen LogP contribution is -2.60. The van der Waals surface area contributed by atoms with Gasteiger partial charge < -0.3 is 5.32 Å². The summed E-state index contributed by atoms with van der Waals surface area (Å²) >= 11 is 6.18. The summed E-state index contributed by atoms with van der Waals surface area (Å²) < 4.78 is 39.3. The van der Waals surface area contributed by atoms with Gasteiger partial charge in [-0.15, -0.1) is 0 Å². The monoisotopic (exact) mass is 475 g/mol. The Kier molecular flexibility index (Phi) is 5.85. The average molecular weight is 476 g/mol. The second-order valence-corrected chi connectivity index (χ2v) is 11.7. The molecule has 0 heterocycles. The first-order valence-electron chi connectivity index (χ1n) is 12.3. The van der Waals surface area contributed by atoms with Gasteiger partial charge in [-0.05, 0) is 111 Å². The molecule has 0 aliphatic heterocycles. The van der Waals surface area contributed by atoms with Crippen molar-refractivity contribution in [1.82, 2.24) is 5.32 Å². The zero-order chi connectivity index (χ0) is 23.4. The molecule has 4 bridgehead atoms. The Balaban J connectivity index is 1.32. The maximum Gasteiger partial charge on any atom is 0.416 e. The molecule has 1 N–H and O–H groups in total. The fourth-order valence-corrected chi connectivity index (χ4v) is 8.00. The summed E-state index contributed by atoms with van der Waals surface area (Å²) in [5, 5.41) is 4.61. The highest BCUT2D eigenvalue weighted by Crippen LogP contribution is 2.66. The van der Waals surface area contributed by atoms with E-state index >= 15 is 0 Å². The highest BCUT2D eigenvalue weighted by Gasteiger charge is 2.59. The fourth-order valence-electron chi connectivity index (χ4n) is 7.87. The molecule has 0 radical (unpaired) electrons. The van der Waals surface area contributed by atoms with Crippen LogP contribution in [0.5, 0.6) is 0 Å². The SMILES string of the molecule is C[C@H](Cc1cccc(C(F)(F)F)c1)N[C@H](C)C12C[C@H]3C[C@@H](CC(c4ccc(Cl)cc4)(C3)C1)C2. The molecule has 0 unspecified atom stereocenters. The minimum absolute atomic E-state index is 0.114. The van der Waals surface area contributed by atoms with Crippen LogP contribution in [0.15, 0.2) is 48.5 Å². The molecule has 4 aliphatic rings. The number of nitrogens with one attached hydrogen (secondary N) is 1. The summed E-state index contributed by atoms with van der Waals surface area (Å²) in [6.45, 7) is 4.41. The predicted octanol–water partition coefficient (Wildman–Crippen LogP) is 7.81. The second-order valence-electron chi connectivity index (χ2n) is 11.3. The van der Waals surface area contributed by atoms with Gasteiger partial charge >= 0.3 is 6.18 Å². The van der Waals surface area contributed by atoms with E-state index in [4.69, 9.17) is 11.6 Å². The van der Waals surface area contributed by atoms with E-state index in [0.29, 0.717) is 12.5 Å². The van der Waals surface area contributed by atoms with Gasteiger partial charge in [0.2, 0.25) is 0 Å². The van der Waals surface area contributed by atoms with Crippen molar-refractivity contribution < 1.29 is 13.2 Å². The number of halogens is 4. The van der Waals surface area contributed by atoms with Crippen LogP contribution < -0.4 is 5.32 Å². The normalized spacial score (nSPS) is 32.7. The molecular formula is C28H33ClF3N. The van der Waals surface area contributed by atoms with Crippen LogP contribution in [0, 0.1) is 17.3 Å². The molecule has 2 aromatic carbocycles. The van der Waals surface area contributed by atoms with Crippen molar-refractivity contribution >= 4 is 11.6 Å². The van der Waals surface area contributed by atoms with Gasteiger partial charge in [0.25, 0.3) is 0 Å². The van der Waals surface area contributed by atoms with Gasteiger partial charge in [-0.3, -0.25) is 0 Å². The standard InChI is InChI=1S/C28H33ClF3N/c1-18(10-20-4-3-5-24(12-20)28(30,31)32)33-19(2)26-13-21-11-22(14-26)16-27(15-21,17-26)23-6-8-25(29)9-7-23/h3-9,12,18-19,21-22,33H,10-11,13-17H2,1-2H3/t18-,19-,21-,22-,26?,27?/m1/s1. The van der Waals surface area contributed by atoms with Crippen molar-refractivity contribution in [2.75, 3.05) is 0 Å². The van der Waals surface area contributed by atoms with Crippen LogP contribution in [0.3, 0.4) is 0 Å². The van der Waals surface area contributed by atoms with Crippen molar-refractivity contribution in [1.29, 1.82) is 0 Å². The topological polar surface area (TPSA) is 12.0 Å². The zero-order valence-corrected chi connectivity index (χ0v) is 20.1. The third kappa shape index (κ3) is 4.46. The Morgan fingerprint density at radius 3 is 2.30 bits per heavy atom. The highest BCUT2D eigenvalue weighted by molar-refractivity contribution is 6.30. The largest absolute Gasteiger partial charge is 0.416 e. The molecular weight excluding hydrogens is 443 g/mol. The molecule has 33 heavy (non-hydrogen) atoms. The molecule has 178 valence electrons. The lowest BCUT2D eigenvalue weighted by atomic mass is 9.41. The van der Waals surface area contributed by atoms with Crippen LogP contribution in [-0.2, 0) is 18.0 Å². The van der Waals surface area contributed by atoms with Crippen LogP contribution in [0.25, 0.3) is 0 Å². The smallest absolute Gasteiger partial charge is 0.311 e. The summed E-state index contributed by atoms with van der Waals surface area (Å²) in [6, 6.07) is 14.7. The summed E-state index contributed by atoms with van der Waals surface area (Å²) in [5.74, 6) is 1.54. The van der Waals surface area contributed by atoms with Crippen molar-refractivity contribution in [2.24, 2.45) is 17.3 Å². The lowest BCUT2D eigenvalue weighted by Gasteiger charge is -2.64. The number of benzene rings is 2. The molecule has 0 amide bonds. The molecule has 4 fully saturated rings. The van der Waals surface area contributed by atoms with Crippen molar-refractivity contribution in [2.45, 2.75) is 82.5 Å². The van der Waals surface area contributed by atoms with Gasteiger partial charge in [0.05, 0.1) is 5.56 Å². The molecule has 1 nitrogen and oxygen atoms in total. The number of alkyl halides is 3. The van der Waals surface area contributed by atoms with Gasteiger partial charge in [0.1, 0.15) is 0 Å². The molecule has 0 saturated heterocycles. The highest BCUT2D eigenvalue weighted by atomic mass is 35.5. The minimum Gasteiger partial charge on any atom is -0.311 e. The third-order valence-electron chi connectivity index (χ3n) is 8.81. The van der Waals surface area contributed by atoms with Gasteiger partial charge in [-0.25, -0.2) is 0 Å². The minimum atomic E-state index is -4.30. The Bertz CT molecular complexity index is 985. The third-order valence-corrected chi connectivity index (χ3v) is 9.06. The summed E-state index contributed by atoms with van der Waals surface area (Å²) in [6.07, 6.45) is 3.93. The molecule has 4 aliphatic carbocycles. The van der Waals surface area contributed by atoms with Gasteiger partial charge in [-0.1, -0.05) is 41.9 Å². The van der Waals surface area contributed by atoms with Gasteiger partial charge in [0.15, 0.2) is 0 Å². The van der Waals surface area contributed by atoms with E-state index in [1.165, 1.54) is 56.2 Å². The maximum absolute atomic E-state index is 13.1. The van der Waals surface area contributed by atoms with E-state index in [0.717, 1.165) is 28.5 Å². The zero-order valence-electron chi connectivity index (χ0n) is 19.4. The molecule has 6 rings (SSSR count). The van der Waals surface area contributed by atoms with E-state index in [1.54, 1.807) is 6.07 Å². The first-order chi connectivity index (χ1) is 15.6. The van der Waals surface area contributed by atoms with E-state index in [-0.39, 0.29) is 16.9 Å². The lowest BCUT2D eigenvalue weighted by molar-refractivity contribution is -0.137. The first-order valence-corrected chi connectivity index (χ1v) is 12.6. The molecule has 0 spiro atoms. The molecule has 0 aromatic heterocycles. The van der Waals surface area contributed by atoms with Crippen molar-refractivity contribution in [3.63, 3.8) is 0 Å². The Morgan fingerprint density at radius 1 is 1.00 bits per heavy atom. The van der Waals surface area contributed by atoms with E-state index in [1.807, 2.05) is 12.1 Å². The summed E-state index contributed by atoms with van der Waals surface area (Å²) in [5.41, 5.74) is 2.11. The average Bonchev–Trinajstić information content (AvgIpc) is 2.72.